The van der Waals surface area contributed by atoms with Crippen molar-refractivity contribution in [2.45, 2.75) is 70.4 Å². The SMILES string of the molecule is CC(C)(C)[Si](C)(C)OCCCc1cnc([C@@H]2[C@H](CO)N2Cc2ccccc2)o1. The molecule has 0 radical (unpaired) electrons. The molecule has 2 aromatic rings. The fraction of sp³-hybridized carbons (Fsp3) is 0.591. The first kappa shape index (κ1) is 21.2. The van der Waals surface area contributed by atoms with E-state index in [1.54, 1.807) is 0 Å². The number of rotatable bonds is 9. The maximum absolute atomic E-state index is 9.68. The zero-order valence-corrected chi connectivity index (χ0v) is 18.8. The highest BCUT2D eigenvalue weighted by Gasteiger charge is 2.50. The average molecular weight is 403 g/mol. The highest BCUT2D eigenvalue weighted by molar-refractivity contribution is 6.74. The fourth-order valence-corrected chi connectivity index (χ4v) is 4.30. The van der Waals surface area contributed by atoms with Gasteiger partial charge in [0.25, 0.3) is 0 Å². The van der Waals surface area contributed by atoms with Gasteiger partial charge in [-0.05, 0) is 30.1 Å². The van der Waals surface area contributed by atoms with Crippen LogP contribution in [0.3, 0.4) is 0 Å². The molecular formula is C22H34N2O3Si. The number of oxazole rings is 1. The Bertz CT molecular complexity index is 755. The second kappa shape index (κ2) is 8.49. The van der Waals surface area contributed by atoms with Crippen LogP contribution in [-0.2, 0) is 17.4 Å². The summed E-state index contributed by atoms with van der Waals surface area (Å²) in [6.07, 6.45) is 3.59. The van der Waals surface area contributed by atoms with Gasteiger partial charge in [-0.1, -0.05) is 51.1 Å². The molecule has 3 rings (SSSR count). The summed E-state index contributed by atoms with van der Waals surface area (Å²) in [7, 11) is -1.69. The monoisotopic (exact) mass is 402 g/mol. The molecule has 28 heavy (non-hydrogen) atoms. The van der Waals surface area contributed by atoms with Crippen molar-refractivity contribution in [3.63, 3.8) is 0 Å². The lowest BCUT2D eigenvalue weighted by molar-refractivity contribution is 0.272. The molecule has 0 bridgehead atoms. The molecule has 1 aromatic carbocycles. The Hall–Kier alpha value is -1.47. The van der Waals surface area contributed by atoms with Crippen LogP contribution in [0.1, 0.15) is 50.4 Å². The Labute approximate surface area is 169 Å². The van der Waals surface area contributed by atoms with Gasteiger partial charge >= 0.3 is 0 Å². The molecule has 1 saturated heterocycles. The van der Waals surface area contributed by atoms with E-state index in [4.69, 9.17) is 8.84 Å². The van der Waals surface area contributed by atoms with Crippen LogP contribution in [0.15, 0.2) is 40.9 Å². The molecule has 6 heteroatoms. The predicted octanol–water partition coefficient (Wildman–Crippen LogP) is 4.55. The Morgan fingerprint density at radius 2 is 1.93 bits per heavy atom. The topological polar surface area (TPSA) is 58.5 Å². The zero-order chi connectivity index (χ0) is 20.4. The van der Waals surface area contributed by atoms with Crippen molar-refractivity contribution in [3.8, 4) is 0 Å². The minimum Gasteiger partial charge on any atom is -0.444 e. The Kier molecular flexibility index (Phi) is 6.44. The summed E-state index contributed by atoms with van der Waals surface area (Å²) in [5.41, 5.74) is 1.23. The molecule has 1 aliphatic heterocycles. The lowest BCUT2D eigenvalue weighted by Crippen LogP contribution is -2.41. The van der Waals surface area contributed by atoms with Gasteiger partial charge in [0, 0.05) is 19.6 Å². The van der Waals surface area contributed by atoms with Crippen LogP contribution in [0.5, 0.6) is 0 Å². The molecule has 0 spiro atoms. The third-order valence-corrected chi connectivity index (χ3v) is 10.7. The molecule has 1 fully saturated rings. The highest BCUT2D eigenvalue weighted by atomic mass is 28.4. The summed E-state index contributed by atoms with van der Waals surface area (Å²) in [5, 5.41) is 9.92. The van der Waals surface area contributed by atoms with Crippen molar-refractivity contribution in [1.29, 1.82) is 0 Å². The summed E-state index contributed by atoms with van der Waals surface area (Å²) in [6, 6.07) is 10.5. The molecule has 1 unspecified atom stereocenters. The third kappa shape index (κ3) is 4.92. The van der Waals surface area contributed by atoms with E-state index in [2.05, 4.69) is 55.9 Å². The van der Waals surface area contributed by atoms with Crippen LogP contribution in [-0.4, -0.2) is 42.6 Å². The largest absolute Gasteiger partial charge is 0.444 e. The Morgan fingerprint density at radius 3 is 2.57 bits per heavy atom. The highest BCUT2D eigenvalue weighted by Crippen LogP contribution is 2.43. The van der Waals surface area contributed by atoms with E-state index < -0.39 is 8.32 Å². The van der Waals surface area contributed by atoms with Gasteiger partial charge in [-0.15, -0.1) is 0 Å². The molecule has 1 aliphatic rings. The predicted molar refractivity (Wildman–Crippen MR) is 114 cm³/mol. The summed E-state index contributed by atoms with van der Waals surface area (Å²) in [6.45, 7) is 13.0. The van der Waals surface area contributed by atoms with E-state index in [-0.39, 0.29) is 23.7 Å². The lowest BCUT2D eigenvalue weighted by Gasteiger charge is -2.36. The summed E-state index contributed by atoms with van der Waals surface area (Å²) < 4.78 is 12.2. The van der Waals surface area contributed by atoms with Crippen LogP contribution in [0.2, 0.25) is 18.1 Å². The number of hydrogen-bond acceptors (Lipinski definition) is 5. The van der Waals surface area contributed by atoms with Gasteiger partial charge in [0.05, 0.1) is 18.8 Å². The van der Waals surface area contributed by atoms with Gasteiger partial charge in [-0.3, -0.25) is 4.90 Å². The average Bonchev–Trinajstić information content (AvgIpc) is 3.12. The van der Waals surface area contributed by atoms with Gasteiger partial charge in [0.1, 0.15) is 11.8 Å². The Balaban J connectivity index is 1.50. The van der Waals surface area contributed by atoms with Crippen LogP contribution >= 0.6 is 0 Å². The van der Waals surface area contributed by atoms with Gasteiger partial charge in [0.15, 0.2) is 8.32 Å². The Morgan fingerprint density at radius 1 is 1.21 bits per heavy atom. The normalized spacial score (nSPS) is 22.4. The van der Waals surface area contributed by atoms with Crippen LogP contribution < -0.4 is 0 Å². The zero-order valence-electron chi connectivity index (χ0n) is 17.8. The summed E-state index contributed by atoms with van der Waals surface area (Å²) >= 11 is 0. The first-order valence-corrected chi connectivity index (χ1v) is 13.1. The van der Waals surface area contributed by atoms with Gasteiger partial charge in [-0.25, -0.2) is 4.98 Å². The minimum atomic E-state index is -1.69. The van der Waals surface area contributed by atoms with Gasteiger partial charge in [-0.2, -0.15) is 0 Å². The van der Waals surface area contributed by atoms with E-state index in [0.29, 0.717) is 0 Å². The van der Waals surface area contributed by atoms with E-state index in [1.165, 1.54) is 5.56 Å². The molecule has 154 valence electrons. The number of aryl methyl sites for hydroxylation is 1. The number of hydrogen-bond donors (Lipinski definition) is 1. The second-order valence-electron chi connectivity index (χ2n) is 9.23. The fourth-order valence-electron chi connectivity index (χ4n) is 3.22. The number of aromatic nitrogens is 1. The van der Waals surface area contributed by atoms with Crippen molar-refractivity contribution in [2.24, 2.45) is 0 Å². The van der Waals surface area contributed by atoms with Crippen molar-refractivity contribution in [1.82, 2.24) is 9.88 Å². The smallest absolute Gasteiger partial charge is 0.213 e. The van der Waals surface area contributed by atoms with Crippen molar-refractivity contribution in [3.05, 3.63) is 53.7 Å². The number of aliphatic hydroxyl groups is 1. The molecule has 3 atom stereocenters. The molecule has 0 aliphatic carbocycles. The van der Waals surface area contributed by atoms with E-state index >= 15 is 0 Å². The van der Waals surface area contributed by atoms with Crippen molar-refractivity contribution >= 4 is 8.32 Å². The van der Waals surface area contributed by atoms with Gasteiger partial charge in [0.2, 0.25) is 5.89 Å². The third-order valence-electron chi connectivity index (χ3n) is 6.11. The maximum atomic E-state index is 9.68. The molecular weight excluding hydrogens is 368 g/mol. The quantitative estimate of drug-likeness (QED) is 0.379. The number of aliphatic hydroxyl groups excluding tert-OH is 1. The first-order valence-electron chi connectivity index (χ1n) is 10.2. The van der Waals surface area contributed by atoms with Crippen LogP contribution in [0, 0.1) is 0 Å². The molecule has 0 amide bonds. The van der Waals surface area contributed by atoms with E-state index in [9.17, 15) is 5.11 Å². The standard InChI is InChI=1S/C22H34N2O3Si/c1-22(2,3)28(4,5)26-13-9-12-18-14-23-21(27-18)20-19(16-25)24(20)15-17-10-7-6-8-11-17/h6-8,10-11,14,19-20,25H,9,12-13,15-16H2,1-5H3/t19-,20-,24?/m0/s1. The summed E-state index contributed by atoms with van der Waals surface area (Å²) in [4.78, 5) is 6.71. The number of benzene rings is 1. The van der Waals surface area contributed by atoms with Crippen molar-refractivity contribution < 1.29 is 13.9 Å². The van der Waals surface area contributed by atoms with Crippen LogP contribution in [0.4, 0.5) is 0 Å². The first-order chi connectivity index (χ1) is 13.2. The van der Waals surface area contributed by atoms with E-state index in [0.717, 1.165) is 37.6 Å². The number of nitrogens with zero attached hydrogens (tertiary/aromatic N) is 2. The van der Waals surface area contributed by atoms with Crippen molar-refractivity contribution in [2.75, 3.05) is 13.2 Å². The van der Waals surface area contributed by atoms with Crippen LogP contribution in [0.25, 0.3) is 0 Å². The van der Waals surface area contributed by atoms with Gasteiger partial charge < -0.3 is 13.9 Å². The molecule has 5 nitrogen and oxygen atoms in total. The molecule has 0 saturated carbocycles. The minimum absolute atomic E-state index is 0.0717. The second-order valence-corrected chi connectivity index (χ2v) is 14.0. The molecule has 2 heterocycles. The summed E-state index contributed by atoms with van der Waals surface area (Å²) in [5.74, 6) is 1.62. The lowest BCUT2D eigenvalue weighted by atomic mass is 10.2. The molecule has 1 aromatic heterocycles. The molecule has 1 N–H and O–H groups in total. The van der Waals surface area contributed by atoms with E-state index in [1.807, 2.05) is 24.4 Å². The maximum Gasteiger partial charge on any atom is 0.213 e.